The summed E-state index contributed by atoms with van der Waals surface area (Å²) in [6.45, 7) is 3.76. The summed E-state index contributed by atoms with van der Waals surface area (Å²) in [5.41, 5.74) is 1.83. The summed E-state index contributed by atoms with van der Waals surface area (Å²) in [5.74, 6) is 0.682. The third-order valence-corrected chi connectivity index (χ3v) is 3.67. The van der Waals surface area contributed by atoms with Crippen LogP contribution in [-0.4, -0.2) is 35.7 Å². The van der Waals surface area contributed by atoms with Crippen molar-refractivity contribution in [1.29, 1.82) is 0 Å². The van der Waals surface area contributed by atoms with Gasteiger partial charge in [-0.1, -0.05) is 29.8 Å². The lowest BCUT2D eigenvalue weighted by Crippen LogP contribution is -2.38. The van der Waals surface area contributed by atoms with Gasteiger partial charge in [0.2, 0.25) is 0 Å². The van der Waals surface area contributed by atoms with Gasteiger partial charge in [-0.3, -0.25) is 9.98 Å². The highest BCUT2D eigenvalue weighted by atomic mass is 35.5. The minimum atomic E-state index is -0.659. The summed E-state index contributed by atoms with van der Waals surface area (Å²) in [5, 5.41) is 17.3. The molecule has 0 bridgehead atoms. The van der Waals surface area contributed by atoms with Gasteiger partial charge in [-0.15, -0.1) is 0 Å². The Morgan fingerprint density at radius 1 is 1.21 bits per heavy atom. The lowest BCUT2D eigenvalue weighted by molar-refractivity contribution is 0.187. The van der Waals surface area contributed by atoms with Crippen molar-refractivity contribution in [1.82, 2.24) is 15.6 Å². The Morgan fingerprint density at radius 2 is 2.00 bits per heavy atom. The smallest absolute Gasteiger partial charge is 0.191 e. The normalized spacial score (nSPS) is 12.7. The SMILES string of the molecule is CCNC(=NCC(O)c1ccc(Cl)cc1)NCCc1ccccn1. The van der Waals surface area contributed by atoms with Crippen LogP contribution >= 0.6 is 11.6 Å². The third kappa shape index (κ3) is 6.18. The highest BCUT2D eigenvalue weighted by Gasteiger charge is 2.07. The maximum absolute atomic E-state index is 10.2. The fraction of sp³-hybridized carbons (Fsp3) is 0.333. The first-order valence-electron chi connectivity index (χ1n) is 8.04. The largest absolute Gasteiger partial charge is 0.386 e. The summed E-state index contributed by atoms with van der Waals surface area (Å²) < 4.78 is 0. The zero-order valence-electron chi connectivity index (χ0n) is 13.7. The first-order valence-corrected chi connectivity index (χ1v) is 8.42. The highest BCUT2D eigenvalue weighted by Crippen LogP contribution is 2.16. The molecule has 3 N–H and O–H groups in total. The first-order chi connectivity index (χ1) is 11.7. The molecule has 1 aromatic heterocycles. The van der Waals surface area contributed by atoms with Crippen LogP contribution in [0, 0.1) is 0 Å². The van der Waals surface area contributed by atoms with Gasteiger partial charge in [0.05, 0.1) is 12.6 Å². The molecule has 1 aromatic carbocycles. The number of nitrogens with zero attached hydrogens (tertiary/aromatic N) is 2. The van der Waals surface area contributed by atoms with Crippen molar-refractivity contribution in [3.05, 3.63) is 64.9 Å². The zero-order valence-corrected chi connectivity index (χ0v) is 14.5. The molecule has 0 aliphatic carbocycles. The predicted octanol–water partition coefficient (Wildman–Crippen LogP) is 2.57. The predicted molar refractivity (Wildman–Crippen MR) is 98.3 cm³/mol. The lowest BCUT2D eigenvalue weighted by atomic mass is 10.1. The number of aliphatic hydroxyl groups excluding tert-OH is 1. The van der Waals surface area contributed by atoms with Crippen molar-refractivity contribution in [2.45, 2.75) is 19.4 Å². The van der Waals surface area contributed by atoms with Crippen molar-refractivity contribution < 1.29 is 5.11 Å². The molecule has 2 aromatic rings. The molecule has 0 radical (unpaired) electrons. The molecule has 1 atom stereocenters. The van der Waals surface area contributed by atoms with Crippen LogP contribution in [0.1, 0.15) is 24.3 Å². The number of aromatic nitrogens is 1. The van der Waals surface area contributed by atoms with Crippen LogP contribution < -0.4 is 10.6 Å². The number of hydrogen-bond acceptors (Lipinski definition) is 3. The van der Waals surface area contributed by atoms with E-state index < -0.39 is 6.10 Å². The van der Waals surface area contributed by atoms with Crippen LogP contribution in [0.4, 0.5) is 0 Å². The lowest BCUT2D eigenvalue weighted by Gasteiger charge is -2.13. The Balaban J connectivity index is 1.86. The van der Waals surface area contributed by atoms with Crippen LogP contribution in [-0.2, 0) is 6.42 Å². The molecule has 2 rings (SSSR count). The highest BCUT2D eigenvalue weighted by molar-refractivity contribution is 6.30. The van der Waals surface area contributed by atoms with Gasteiger partial charge in [-0.05, 0) is 36.8 Å². The molecule has 0 amide bonds. The van der Waals surface area contributed by atoms with E-state index in [0.717, 1.165) is 30.8 Å². The van der Waals surface area contributed by atoms with E-state index in [-0.39, 0.29) is 6.54 Å². The van der Waals surface area contributed by atoms with E-state index in [2.05, 4.69) is 20.6 Å². The van der Waals surface area contributed by atoms with Gasteiger partial charge < -0.3 is 15.7 Å². The van der Waals surface area contributed by atoms with E-state index in [0.29, 0.717) is 11.0 Å². The third-order valence-electron chi connectivity index (χ3n) is 3.42. The van der Waals surface area contributed by atoms with E-state index >= 15 is 0 Å². The standard InChI is InChI=1S/C18H23ClN4O/c1-2-20-18(22-12-10-16-5-3-4-11-21-16)23-13-17(24)14-6-8-15(19)9-7-14/h3-9,11,17,24H,2,10,12-13H2,1H3,(H2,20,22,23). The number of guanidine groups is 1. The number of rotatable bonds is 7. The van der Waals surface area contributed by atoms with Crippen molar-refractivity contribution in [3.63, 3.8) is 0 Å². The summed E-state index contributed by atoms with van der Waals surface area (Å²) in [6, 6.07) is 13.0. The Morgan fingerprint density at radius 3 is 2.67 bits per heavy atom. The molecular weight excluding hydrogens is 324 g/mol. The molecule has 0 aliphatic rings. The van der Waals surface area contributed by atoms with Crippen LogP contribution in [0.3, 0.4) is 0 Å². The Kier molecular flexibility index (Phi) is 7.52. The Labute approximate surface area is 147 Å². The van der Waals surface area contributed by atoms with Crippen molar-refractivity contribution in [3.8, 4) is 0 Å². The van der Waals surface area contributed by atoms with Crippen LogP contribution in [0.15, 0.2) is 53.7 Å². The minimum Gasteiger partial charge on any atom is -0.386 e. The van der Waals surface area contributed by atoms with Crippen molar-refractivity contribution in [2.24, 2.45) is 4.99 Å². The average molecular weight is 347 g/mol. The molecular formula is C18H23ClN4O. The molecule has 0 aliphatic heterocycles. The number of nitrogens with one attached hydrogen (secondary N) is 2. The van der Waals surface area contributed by atoms with E-state index in [1.54, 1.807) is 18.3 Å². The van der Waals surface area contributed by atoms with E-state index in [4.69, 9.17) is 11.6 Å². The van der Waals surface area contributed by atoms with Crippen molar-refractivity contribution >= 4 is 17.6 Å². The molecule has 5 nitrogen and oxygen atoms in total. The van der Waals surface area contributed by atoms with Crippen molar-refractivity contribution in [2.75, 3.05) is 19.6 Å². The number of aliphatic hydroxyl groups is 1. The summed E-state index contributed by atoms with van der Waals surface area (Å²) >= 11 is 5.86. The van der Waals surface area contributed by atoms with Crippen LogP contribution in [0.2, 0.25) is 5.02 Å². The quantitative estimate of drug-likeness (QED) is 0.532. The van der Waals surface area contributed by atoms with Gasteiger partial charge in [0.1, 0.15) is 0 Å². The Hall–Kier alpha value is -2.11. The summed E-state index contributed by atoms with van der Waals surface area (Å²) in [6.07, 6.45) is 1.94. The molecule has 1 heterocycles. The summed E-state index contributed by atoms with van der Waals surface area (Å²) in [7, 11) is 0. The number of pyridine rings is 1. The fourth-order valence-corrected chi connectivity index (χ4v) is 2.29. The second-order valence-corrected chi connectivity index (χ2v) is 5.72. The number of hydrogen-bond donors (Lipinski definition) is 3. The number of aliphatic imine (C=N–C) groups is 1. The fourth-order valence-electron chi connectivity index (χ4n) is 2.16. The second kappa shape index (κ2) is 9.90. The molecule has 0 saturated carbocycles. The number of benzene rings is 1. The average Bonchev–Trinajstić information content (AvgIpc) is 2.61. The maximum atomic E-state index is 10.2. The number of halogens is 1. The molecule has 0 fully saturated rings. The van der Waals surface area contributed by atoms with Gasteiger partial charge in [-0.2, -0.15) is 0 Å². The van der Waals surface area contributed by atoms with Gasteiger partial charge in [0.15, 0.2) is 5.96 Å². The van der Waals surface area contributed by atoms with Crippen LogP contribution in [0.25, 0.3) is 0 Å². The zero-order chi connectivity index (χ0) is 17.2. The van der Waals surface area contributed by atoms with Gasteiger partial charge in [-0.25, -0.2) is 0 Å². The van der Waals surface area contributed by atoms with Gasteiger partial charge in [0.25, 0.3) is 0 Å². The first kappa shape index (κ1) is 18.2. The molecule has 0 saturated heterocycles. The summed E-state index contributed by atoms with van der Waals surface area (Å²) in [4.78, 5) is 8.73. The monoisotopic (exact) mass is 346 g/mol. The molecule has 6 heteroatoms. The molecule has 128 valence electrons. The van der Waals surface area contributed by atoms with Gasteiger partial charge >= 0.3 is 0 Å². The van der Waals surface area contributed by atoms with Crippen LogP contribution in [0.5, 0.6) is 0 Å². The van der Waals surface area contributed by atoms with E-state index in [1.165, 1.54) is 0 Å². The second-order valence-electron chi connectivity index (χ2n) is 5.28. The Bertz CT molecular complexity index is 631. The molecule has 24 heavy (non-hydrogen) atoms. The van der Waals surface area contributed by atoms with Gasteiger partial charge in [0, 0.05) is 36.4 Å². The van der Waals surface area contributed by atoms with E-state index in [9.17, 15) is 5.11 Å². The topological polar surface area (TPSA) is 69.5 Å². The maximum Gasteiger partial charge on any atom is 0.191 e. The molecule has 1 unspecified atom stereocenters. The minimum absolute atomic E-state index is 0.278. The van der Waals surface area contributed by atoms with E-state index in [1.807, 2.05) is 37.3 Å². The molecule has 0 spiro atoms.